The van der Waals surface area contributed by atoms with E-state index < -0.39 is 0 Å². The van der Waals surface area contributed by atoms with Crippen molar-refractivity contribution in [2.24, 2.45) is 5.92 Å². The van der Waals surface area contributed by atoms with Crippen molar-refractivity contribution in [3.8, 4) is 0 Å². The summed E-state index contributed by atoms with van der Waals surface area (Å²) in [5.74, 6) is -0.0808. The van der Waals surface area contributed by atoms with E-state index in [1.807, 2.05) is 35.2 Å². The largest absolute Gasteiger partial charge is 0.373 e. The van der Waals surface area contributed by atoms with Gasteiger partial charge in [0.2, 0.25) is 11.8 Å². The molecule has 29 heavy (non-hydrogen) atoms. The Hall–Kier alpha value is -2.73. The minimum Gasteiger partial charge on any atom is -0.373 e. The number of ether oxygens (including phenoxy) is 1. The second-order valence-corrected chi connectivity index (χ2v) is 7.86. The van der Waals surface area contributed by atoms with E-state index in [-0.39, 0.29) is 23.8 Å². The Morgan fingerprint density at radius 3 is 2.55 bits per heavy atom. The molecule has 1 atom stereocenters. The molecule has 1 unspecified atom stereocenters. The first-order valence-corrected chi connectivity index (χ1v) is 10.3. The molecule has 0 N–H and O–H groups in total. The molecule has 2 aliphatic heterocycles. The van der Waals surface area contributed by atoms with Crippen LogP contribution in [0.15, 0.2) is 54.9 Å². The first-order chi connectivity index (χ1) is 14.2. The Bertz CT molecular complexity index is 820. The number of carbonyl (C=O) groups excluding carboxylic acids is 2. The third-order valence-corrected chi connectivity index (χ3v) is 5.74. The highest BCUT2D eigenvalue weighted by Gasteiger charge is 2.37. The molecule has 6 nitrogen and oxygen atoms in total. The fourth-order valence-electron chi connectivity index (χ4n) is 4.09. The van der Waals surface area contributed by atoms with Gasteiger partial charge in [-0.05, 0) is 30.0 Å². The molecule has 152 valence electrons. The Labute approximate surface area is 171 Å². The van der Waals surface area contributed by atoms with Crippen molar-refractivity contribution < 1.29 is 14.3 Å². The van der Waals surface area contributed by atoms with Crippen LogP contribution in [0.5, 0.6) is 0 Å². The summed E-state index contributed by atoms with van der Waals surface area (Å²) in [6.07, 6.45) is 5.67. The molecule has 3 heterocycles. The van der Waals surface area contributed by atoms with E-state index in [2.05, 4.69) is 17.1 Å². The predicted molar refractivity (Wildman–Crippen MR) is 109 cm³/mol. The topological polar surface area (TPSA) is 62.7 Å². The third-order valence-electron chi connectivity index (χ3n) is 5.74. The van der Waals surface area contributed by atoms with Gasteiger partial charge in [0.15, 0.2) is 0 Å². The number of benzene rings is 1. The zero-order chi connectivity index (χ0) is 20.1. The minimum atomic E-state index is -0.235. The highest BCUT2D eigenvalue weighted by molar-refractivity contribution is 5.89. The lowest BCUT2D eigenvalue weighted by Gasteiger charge is -2.33. The zero-order valence-electron chi connectivity index (χ0n) is 16.6. The van der Waals surface area contributed by atoms with Crippen LogP contribution >= 0.6 is 0 Å². The van der Waals surface area contributed by atoms with Gasteiger partial charge in [-0.15, -0.1) is 0 Å². The van der Waals surface area contributed by atoms with Gasteiger partial charge in [0.25, 0.3) is 0 Å². The summed E-state index contributed by atoms with van der Waals surface area (Å²) in [5, 5.41) is 0. The number of rotatable bonds is 6. The molecule has 2 fully saturated rings. The van der Waals surface area contributed by atoms with Crippen LogP contribution < -0.4 is 0 Å². The lowest BCUT2D eigenvalue weighted by atomic mass is 10.0. The molecule has 0 aliphatic carbocycles. The number of aromatic nitrogens is 1. The van der Waals surface area contributed by atoms with E-state index in [1.54, 1.807) is 17.3 Å². The van der Waals surface area contributed by atoms with E-state index in [0.29, 0.717) is 39.2 Å². The molecule has 2 amide bonds. The normalized spacial score (nSPS) is 20.3. The number of pyridine rings is 1. The van der Waals surface area contributed by atoms with Gasteiger partial charge in [-0.25, -0.2) is 0 Å². The van der Waals surface area contributed by atoms with Crippen molar-refractivity contribution in [1.82, 2.24) is 14.8 Å². The lowest BCUT2D eigenvalue weighted by Crippen LogP contribution is -2.44. The van der Waals surface area contributed by atoms with E-state index in [0.717, 1.165) is 18.4 Å². The fourth-order valence-corrected chi connectivity index (χ4v) is 4.09. The molecule has 1 aromatic carbocycles. The van der Waals surface area contributed by atoms with Crippen molar-refractivity contribution in [2.45, 2.75) is 38.5 Å². The average molecular weight is 393 g/mol. The predicted octanol–water partition coefficient (Wildman–Crippen LogP) is 2.64. The van der Waals surface area contributed by atoms with Crippen LogP contribution in [0, 0.1) is 5.92 Å². The molecule has 2 aliphatic rings. The molecular formula is C23H27N3O3. The van der Waals surface area contributed by atoms with Crippen LogP contribution in [-0.4, -0.2) is 52.3 Å². The smallest absolute Gasteiger partial charge is 0.227 e. The Morgan fingerprint density at radius 2 is 1.83 bits per heavy atom. The van der Waals surface area contributed by atoms with Crippen LogP contribution in [0.2, 0.25) is 0 Å². The third kappa shape index (κ3) is 5.01. The zero-order valence-corrected chi connectivity index (χ0v) is 16.6. The molecule has 0 saturated carbocycles. The van der Waals surface area contributed by atoms with Gasteiger partial charge in [0.05, 0.1) is 18.6 Å². The molecule has 0 radical (unpaired) electrons. The van der Waals surface area contributed by atoms with E-state index in [1.165, 1.54) is 5.56 Å². The van der Waals surface area contributed by atoms with Crippen LogP contribution in [0.3, 0.4) is 0 Å². The van der Waals surface area contributed by atoms with Gasteiger partial charge in [0, 0.05) is 45.0 Å². The minimum absolute atomic E-state index is 0.0493. The summed E-state index contributed by atoms with van der Waals surface area (Å²) in [5.41, 5.74) is 2.16. The van der Waals surface area contributed by atoms with Crippen molar-refractivity contribution in [3.05, 3.63) is 66.0 Å². The van der Waals surface area contributed by atoms with Crippen LogP contribution in [-0.2, 0) is 27.5 Å². The van der Waals surface area contributed by atoms with E-state index >= 15 is 0 Å². The summed E-state index contributed by atoms with van der Waals surface area (Å²) in [7, 11) is 0. The Kier molecular flexibility index (Phi) is 6.20. The molecule has 0 spiro atoms. The van der Waals surface area contributed by atoms with Gasteiger partial charge in [-0.1, -0.05) is 36.4 Å². The standard InChI is InChI=1S/C23H27N3O3/c27-22-13-20(16-26(22)15-19-7-4-10-24-14-19)23(28)25-11-8-21(9-12-25)29-17-18-5-2-1-3-6-18/h1-7,10,14,20-21H,8-9,11-13,15-17H2. The maximum absolute atomic E-state index is 12.9. The maximum Gasteiger partial charge on any atom is 0.227 e. The average Bonchev–Trinajstić information content (AvgIpc) is 3.14. The van der Waals surface area contributed by atoms with Crippen LogP contribution in [0.1, 0.15) is 30.4 Å². The van der Waals surface area contributed by atoms with Gasteiger partial charge >= 0.3 is 0 Å². The summed E-state index contributed by atoms with van der Waals surface area (Å²) >= 11 is 0. The summed E-state index contributed by atoms with van der Waals surface area (Å²) in [6, 6.07) is 14.0. The SMILES string of the molecule is O=C1CC(C(=O)N2CCC(OCc3ccccc3)CC2)CN1Cc1cccnc1. The summed E-state index contributed by atoms with van der Waals surface area (Å²) < 4.78 is 6.02. The van der Waals surface area contributed by atoms with Gasteiger partial charge in [0.1, 0.15) is 0 Å². The summed E-state index contributed by atoms with van der Waals surface area (Å²) in [4.78, 5) is 33.1. The number of piperidine rings is 1. The fraction of sp³-hybridized carbons (Fsp3) is 0.435. The van der Waals surface area contributed by atoms with Crippen molar-refractivity contribution >= 4 is 11.8 Å². The van der Waals surface area contributed by atoms with Crippen molar-refractivity contribution in [1.29, 1.82) is 0 Å². The van der Waals surface area contributed by atoms with Crippen molar-refractivity contribution in [2.75, 3.05) is 19.6 Å². The van der Waals surface area contributed by atoms with Gasteiger partial charge in [-0.3, -0.25) is 14.6 Å². The Balaban J connectivity index is 1.24. The second-order valence-electron chi connectivity index (χ2n) is 7.86. The Morgan fingerprint density at radius 1 is 1.07 bits per heavy atom. The quantitative estimate of drug-likeness (QED) is 0.757. The first-order valence-electron chi connectivity index (χ1n) is 10.3. The maximum atomic E-state index is 12.9. The number of nitrogens with zero attached hydrogens (tertiary/aromatic N) is 3. The number of hydrogen-bond acceptors (Lipinski definition) is 4. The molecule has 2 aromatic rings. The van der Waals surface area contributed by atoms with Crippen LogP contribution in [0.4, 0.5) is 0 Å². The van der Waals surface area contributed by atoms with Crippen molar-refractivity contribution in [3.63, 3.8) is 0 Å². The van der Waals surface area contributed by atoms with Gasteiger partial charge < -0.3 is 14.5 Å². The van der Waals surface area contributed by atoms with E-state index in [4.69, 9.17) is 4.74 Å². The second kappa shape index (κ2) is 9.18. The monoisotopic (exact) mass is 393 g/mol. The molecule has 1 aromatic heterocycles. The lowest BCUT2D eigenvalue weighted by molar-refractivity contribution is -0.138. The summed E-state index contributed by atoms with van der Waals surface area (Å²) in [6.45, 7) is 3.03. The van der Waals surface area contributed by atoms with E-state index in [9.17, 15) is 9.59 Å². The highest BCUT2D eigenvalue weighted by Crippen LogP contribution is 2.24. The molecule has 2 saturated heterocycles. The molecular weight excluding hydrogens is 366 g/mol. The highest BCUT2D eigenvalue weighted by atomic mass is 16.5. The number of amides is 2. The first kappa shape index (κ1) is 19.6. The molecule has 6 heteroatoms. The number of hydrogen-bond donors (Lipinski definition) is 0. The number of likely N-dealkylation sites (tertiary alicyclic amines) is 2. The number of carbonyl (C=O) groups is 2. The molecule has 4 rings (SSSR count). The van der Waals surface area contributed by atoms with Crippen LogP contribution in [0.25, 0.3) is 0 Å². The molecule has 0 bridgehead atoms. The van der Waals surface area contributed by atoms with Gasteiger partial charge in [-0.2, -0.15) is 0 Å².